The molecule has 19 heavy (non-hydrogen) atoms. The van der Waals surface area contributed by atoms with Crippen LogP contribution in [-0.2, 0) is 4.79 Å². The number of hydrogen-bond acceptors (Lipinski definition) is 4. The van der Waals surface area contributed by atoms with Crippen LogP contribution in [-0.4, -0.2) is 47.8 Å². The number of para-hydroxylation sites is 1. The molecule has 1 aliphatic rings. The van der Waals surface area contributed by atoms with E-state index in [1.165, 1.54) is 0 Å². The predicted octanol–water partition coefficient (Wildman–Crippen LogP) is 0.378. The van der Waals surface area contributed by atoms with Gasteiger partial charge in [-0.3, -0.25) is 4.79 Å². The zero-order valence-corrected chi connectivity index (χ0v) is 10.9. The number of hydrogen-bond donors (Lipinski definition) is 2. The van der Waals surface area contributed by atoms with Crippen molar-refractivity contribution in [3.63, 3.8) is 0 Å². The van der Waals surface area contributed by atoms with E-state index in [1.54, 1.807) is 4.90 Å². The van der Waals surface area contributed by atoms with E-state index in [0.717, 1.165) is 0 Å². The lowest BCUT2D eigenvalue weighted by Crippen LogP contribution is -2.51. The average Bonchev–Trinajstić information content (AvgIpc) is 2.47. The van der Waals surface area contributed by atoms with E-state index in [9.17, 15) is 9.90 Å². The number of amides is 1. The van der Waals surface area contributed by atoms with Crippen LogP contribution in [0.3, 0.4) is 0 Å². The fraction of sp³-hybridized carbons (Fsp3) is 0.500. The van der Waals surface area contributed by atoms with Crippen LogP contribution in [0.1, 0.15) is 12.8 Å². The van der Waals surface area contributed by atoms with E-state index in [-0.39, 0.29) is 19.1 Å². The normalized spacial score (nSPS) is 18.1. The zero-order valence-electron chi connectivity index (χ0n) is 10.9. The highest BCUT2D eigenvalue weighted by Crippen LogP contribution is 2.21. The molecule has 5 nitrogen and oxygen atoms in total. The molecule has 3 N–H and O–H groups in total. The van der Waals surface area contributed by atoms with Crippen LogP contribution < -0.4 is 10.5 Å². The third-order valence-electron chi connectivity index (χ3n) is 3.53. The maximum atomic E-state index is 12.0. The highest BCUT2D eigenvalue weighted by Gasteiger charge is 2.32. The summed E-state index contributed by atoms with van der Waals surface area (Å²) in [5.74, 6) is 0.634. The lowest BCUT2D eigenvalue weighted by atomic mass is 9.92. The second-order valence-electron chi connectivity index (χ2n) is 4.91. The number of carbonyl (C=O) groups excluding carboxylic acids is 1. The van der Waals surface area contributed by atoms with Crippen LogP contribution >= 0.6 is 0 Å². The van der Waals surface area contributed by atoms with Crippen LogP contribution in [0.2, 0.25) is 0 Å². The van der Waals surface area contributed by atoms with Gasteiger partial charge in [-0.25, -0.2) is 0 Å². The van der Waals surface area contributed by atoms with Crippen molar-refractivity contribution in [2.24, 2.45) is 5.73 Å². The fourth-order valence-corrected chi connectivity index (χ4v) is 2.13. The van der Waals surface area contributed by atoms with Gasteiger partial charge < -0.3 is 20.5 Å². The Balaban J connectivity index is 1.79. The maximum absolute atomic E-state index is 12.0. The van der Waals surface area contributed by atoms with Crippen molar-refractivity contribution in [3.05, 3.63) is 30.3 Å². The molecule has 1 aliphatic heterocycles. The van der Waals surface area contributed by atoms with Crippen molar-refractivity contribution in [1.29, 1.82) is 0 Å². The molecule has 0 aromatic heterocycles. The van der Waals surface area contributed by atoms with Gasteiger partial charge in [-0.15, -0.1) is 0 Å². The van der Waals surface area contributed by atoms with Crippen molar-refractivity contribution < 1.29 is 14.6 Å². The molecule has 1 saturated heterocycles. The fourth-order valence-electron chi connectivity index (χ4n) is 2.13. The average molecular weight is 264 g/mol. The summed E-state index contributed by atoms with van der Waals surface area (Å²) in [6, 6.07) is 9.25. The largest absolute Gasteiger partial charge is 0.484 e. The molecule has 1 aromatic rings. The number of aliphatic hydroxyl groups is 1. The Kier molecular flexibility index (Phi) is 4.39. The third kappa shape index (κ3) is 3.68. The summed E-state index contributed by atoms with van der Waals surface area (Å²) < 4.78 is 5.42. The number of rotatable bonds is 4. The first-order valence-corrected chi connectivity index (χ1v) is 6.51. The molecular weight excluding hydrogens is 244 g/mol. The highest BCUT2D eigenvalue weighted by atomic mass is 16.5. The number of piperidine rings is 1. The van der Waals surface area contributed by atoms with Crippen molar-refractivity contribution >= 4 is 5.91 Å². The number of ether oxygens (including phenoxy) is 1. The van der Waals surface area contributed by atoms with Crippen LogP contribution in [0.15, 0.2) is 30.3 Å². The summed E-state index contributed by atoms with van der Waals surface area (Å²) in [5, 5.41) is 9.99. The quantitative estimate of drug-likeness (QED) is 0.824. The molecule has 0 radical (unpaired) electrons. The van der Waals surface area contributed by atoms with Crippen LogP contribution in [0.5, 0.6) is 5.75 Å². The summed E-state index contributed by atoms with van der Waals surface area (Å²) in [6.07, 6.45) is 1.06. The van der Waals surface area contributed by atoms with E-state index in [4.69, 9.17) is 10.5 Å². The molecule has 0 aliphatic carbocycles. The first kappa shape index (κ1) is 13.8. The Hall–Kier alpha value is -1.59. The lowest BCUT2D eigenvalue weighted by molar-refractivity contribution is -0.137. The summed E-state index contributed by atoms with van der Waals surface area (Å²) in [7, 11) is 0. The smallest absolute Gasteiger partial charge is 0.260 e. The number of likely N-dealkylation sites (tertiary alicyclic amines) is 1. The minimum absolute atomic E-state index is 0.0328. The molecular formula is C14H20N2O3. The SMILES string of the molecule is NCC1(O)CCN(C(=O)COc2ccccc2)CC1. The van der Waals surface area contributed by atoms with Gasteiger partial charge in [0.1, 0.15) is 5.75 Å². The molecule has 1 heterocycles. The van der Waals surface area contributed by atoms with Gasteiger partial charge in [0.15, 0.2) is 6.61 Å². The molecule has 2 rings (SSSR count). The molecule has 5 heteroatoms. The Labute approximate surface area is 113 Å². The molecule has 0 saturated carbocycles. The first-order valence-electron chi connectivity index (χ1n) is 6.51. The van der Waals surface area contributed by atoms with E-state index in [1.807, 2.05) is 30.3 Å². The van der Waals surface area contributed by atoms with Gasteiger partial charge in [-0.1, -0.05) is 18.2 Å². The van der Waals surface area contributed by atoms with Crippen molar-refractivity contribution in [2.75, 3.05) is 26.2 Å². The molecule has 0 atom stereocenters. The van der Waals surface area contributed by atoms with Crippen molar-refractivity contribution in [1.82, 2.24) is 4.90 Å². The van der Waals surface area contributed by atoms with Crippen LogP contribution in [0, 0.1) is 0 Å². The number of nitrogens with two attached hydrogens (primary N) is 1. The molecule has 1 aromatic carbocycles. The molecule has 0 bridgehead atoms. The van der Waals surface area contributed by atoms with Crippen LogP contribution in [0.25, 0.3) is 0 Å². The van der Waals surface area contributed by atoms with E-state index >= 15 is 0 Å². The van der Waals surface area contributed by atoms with Gasteiger partial charge in [0, 0.05) is 19.6 Å². The Morgan fingerprint density at radius 1 is 1.32 bits per heavy atom. The van der Waals surface area contributed by atoms with Gasteiger partial charge in [-0.05, 0) is 25.0 Å². The Bertz CT molecular complexity index is 414. The lowest BCUT2D eigenvalue weighted by Gasteiger charge is -2.37. The molecule has 0 spiro atoms. The third-order valence-corrected chi connectivity index (χ3v) is 3.53. The maximum Gasteiger partial charge on any atom is 0.260 e. The van der Waals surface area contributed by atoms with Gasteiger partial charge >= 0.3 is 0 Å². The summed E-state index contributed by atoms with van der Waals surface area (Å²) >= 11 is 0. The van der Waals surface area contributed by atoms with E-state index in [2.05, 4.69) is 0 Å². The first-order chi connectivity index (χ1) is 9.13. The number of nitrogens with zero attached hydrogens (tertiary/aromatic N) is 1. The monoisotopic (exact) mass is 264 g/mol. The van der Waals surface area contributed by atoms with Gasteiger partial charge in [0.25, 0.3) is 5.91 Å². The molecule has 104 valence electrons. The van der Waals surface area contributed by atoms with Gasteiger partial charge in [0.05, 0.1) is 5.60 Å². The molecule has 0 unspecified atom stereocenters. The standard InChI is InChI=1S/C14H20N2O3/c15-11-14(18)6-8-16(9-7-14)13(17)10-19-12-4-2-1-3-5-12/h1-5,18H,6-11,15H2. The van der Waals surface area contributed by atoms with Gasteiger partial charge in [-0.2, -0.15) is 0 Å². The predicted molar refractivity (Wildman–Crippen MR) is 71.8 cm³/mol. The summed E-state index contributed by atoms with van der Waals surface area (Å²) in [6.45, 7) is 1.34. The zero-order chi connectivity index (χ0) is 13.7. The minimum Gasteiger partial charge on any atom is -0.484 e. The van der Waals surface area contributed by atoms with E-state index < -0.39 is 5.60 Å². The summed E-state index contributed by atoms with van der Waals surface area (Å²) in [4.78, 5) is 13.7. The topological polar surface area (TPSA) is 75.8 Å². The second kappa shape index (κ2) is 6.04. The highest BCUT2D eigenvalue weighted by molar-refractivity contribution is 5.77. The van der Waals surface area contributed by atoms with Crippen molar-refractivity contribution in [2.45, 2.75) is 18.4 Å². The van der Waals surface area contributed by atoms with Crippen LogP contribution in [0.4, 0.5) is 0 Å². The van der Waals surface area contributed by atoms with Crippen molar-refractivity contribution in [3.8, 4) is 5.75 Å². The molecule has 1 amide bonds. The van der Waals surface area contributed by atoms with Gasteiger partial charge in [0.2, 0.25) is 0 Å². The number of carbonyl (C=O) groups is 1. The van der Waals surface area contributed by atoms with E-state index in [0.29, 0.717) is 31.7 Å². The summed E-state index contributed by atoms with van der Waals surface area (Å²) in [5.41, 5.74) is 4.71. The minimum atomic E-state index is -0.808. The molecule has 1 fully saturated rings. The Morgan fingerprint density at radius 3 is 2.53 bits per heavy atom. The Morgan fingerprint density at radius 2 is 1.95 bits per heavy atom. The number of benzene rings is 1. The second-order valence-corrected chi connectivity index (χ2v) is 4.91.